The Morgan fingerprint density at radius 1 is 1.21 bits per heavy atom. The van der Waals surface area contributed by atoms with E-state index in [9.17, 15) is 13.2 Å². The highest BCUT2D eigenvalue weighted by Gasteiger charge is 2.30. The molecule has 0 fully saturated rings. The highest BCUT2D eigenvalue weighted by atomic mass is 19.4. The third-order valence-electron chi connectivity index (χ3n) is 2.66. The lowest BCUT2D eigenvalue weighted by Gasteiger charge is -2.21. The zero-order chi connectivity index (χ0) is 14.3. The molecule has 1 aromatic heterocycles. The van der Waals surface area contributed by atoms with Crippen molar-refractivity contribution < 1.29 is 13.2 Å². The van der Waals surface area contributed by atoms with Gasteiger partial charge in [0.15, 0.2) is 0 Å². The summed E-state index contributed by atoms with van der Waals surface area (Å²) in [6.45, 7) is 4.84. The fraction of sp³-hybridized carbons (Fsp3) is 0.615. The Labute approximate surface area is 111 Å². The summed E-state index contributed by atoms with van der Waals surface area (Å²) in [6, 6.07) is 5.46. The predicted molar refractivity (Wildman–Crippen MR) is 68.6 cm³/mol. The molecule has 1 rings (SSSR count). The van der Waals surface area contributed by atoms with Gasteiger partial charge in [0.1, 0.15) is 0 Å². The van der Waals surface area contributed by atoms with Gasteiger partial charge in [-0.1, -0.05) is 19.9 Å². The van der Waals surface area contributed by atoms with Gasteiger partial charge >= 0.3 is 6.18 Å². The minimum absolute atomic E-state index is 0.218. The van der Waals surface area contributed by atoms with Crippen LogP contribution < -0.4 is 5.32 Å². The van der Waals surface area contributed by atoms with Crippen LogP contribution in [0.4, 0.5) is 13.2 Å². The number of aromatic nitrogens is 1. The molecule has 1 N–H and O–H groups in total. The van der Waals surface area contributed by atoms with E-state index in [1.54, 1.807) is 13.0 Å². The highest BCUT2D eigenvalue weighted by molar-refractivity contribution is 5.11. The molecule has 0 saturated carbocycles. The molecule has 0 aromatic carbocycles. The zero-order valence-electron chi connectivity index (χ0n) is 11.3. The second kappa shape index (κ2) is 7.45. The van der Waals surface area contributed by atoms with Crippen LogP contribution in [0.3, 0.4) is 0 Å². The first-order chi connectivity index (χ1) is 8.94. The van der Waals surface area contributed by atoms with Crippen molar-refractivity contribution in [3.8, 4) is 0 Å². The molecule has 0 aliphatic carbocycles. The molecular weight excluding hydrogens is 255 g/mol. The van der Waals surface area contributed by atoms with Crippen LogP contribution in [0.1, 0.15) is 25.2 Å². The van der Waals surface area contributed by atoms with Gasteiger partial charge in [0.25, 0.3) is 0 Å². The third-order valence-corrected chi connectivity index (χ3v) is 2.66. The Balaban J connectivity index is 2.63. The number of nitrogens with zero attached hydrogens (tertiary/aromatic N) is 2. The van der Waals surface area contributed by atoms with Crippen molar-refractivity contribution in [1.29, 1.82) is 0 Å². The topological polar surface area (TPSA) is 28.2 Å². The van der Waals surface area contributed by atoms with Crippen LogP contribution in [0, 0.1) is 0 Å². The second-order valence-electron chi connectivity index (χ2n) is 4.32. The van der Waals surface area contributed by atoms with Crippen molar-refractivity contribution >= 4 is 0 Å². The maximum absolute atomic E-state index is 12.4. The van der Waals surface area contributed by atoms with E-state index in [0.29, 0.717) is 18.8 Å². The minimum Gasteiger partial charge on any atom is -0.311 e. The molecule has 108 valence electrons. The van der Waals surface area contributed by atoms with E-state index < -0.39 is 12.7 Å². The van der Waals surface area contributed by atoms with Crippen LogP contribution in [-0.2, 0) is 13.1 Å². The molecule has 0 unspecified atom stereocenters. The summed E-state index contributed by atoms with van der Waals surface area (Å²) in [4.78, 5) is 5.69. The summed E-state index contributed by atoms with van der Waals surface area (Å²) in [5, 5.41) is 3.14. The molecule has 0 atom stereocenters. The molecule has 0 spiro atoms. The normalized spacial score (nSPS) is 12.1. The van der Waals surface area contributed by atoms with Gasteiger partial charge < -0.3 is 5.32 Å². The van der Waals surface area contributed by atoms with Gasteiger partial charge in [0.05, 0.1) is 17.9 Å². The van der Waals surface area contributed by atoms with Gasteiger partial charge in [0.2, 0.25) is 0 Å². The number of halogens is 3. The van der Waals surface area contributed by atoms with Crippen molar-refractivity contribution in [3.63, 3.8) is 0 Å². The third kappa shape index (κ3) is 6.54. The molecule has 0 saturated heterocycles. The smallest absolute Gasteiger partial charge is 0.311 e. The summed E-state index contributed by atoms with van der Waals surface area (Å²) in [5.74, 6) is 0. The lowest BCUT2D eigenvalue weighted by Crippen LogP contribution is -2.34. The Bertz CT molecular complexity index is 380. The maximum atomic E-state index is 12.4. The van der Waals surface area contributed by atoms with Gasteiger partial charge in [0, 0.05) is 13.1 Å². The molecule has 19 heavy (non-hydrogen) atoms. The Morgan fingerprint density at radius 2 is 1.89 bits per heavy atom. The minimum atomic E-state index is -4.17. The molecular formula is C13H20F3N3. The number of alkyl halides is 3. The molecule has 0 bridgehead atoms. The number of hydrogen-bond acceptors (Lipinski definition) is 3. The second-order valence-corrected chi connectivity index (χ2v) is 4.32. The molecule has 3 nitrogen and oxygen atoms in total. The van der Waals surface area contributed by atoms with Crippen LogP contribution in [0.5, 0.6) is 0 Å². The van der Waals surface area contributed by atoms with Crippen LogP contribution in [0.25, 0.3) is 0 Å². The van der Waals surface area contributed by atoms with Gasteiger partial charge in [-0.3, -0.25) is 9.88 Å². The van der Waals surface area contributed by atoms with Crippen molar-refractivity contribution in [3.05, 3.63) is 29.6 Å². The SMILES string of the molecule is CCNCc1cccc(CN(CC)CC(F)(F)F)n1. The summed E-state index contributed by atoms with van der Waals surface area (Å²) < 4.78 is 37.1. The molecule has 1 aromatic rings. The van der Waals surface area contributed by atoms with Crippen LogP contribution in [0.2, 0.25) is 0 Å². The molecule has 0 aliphatic rings. The van der Waals surface area contributed by atoms with Crippen LogP contribution in [-0.4, -0.2) is 35.7 Å². The van der Waals surface area contributed by atoms with Crippen LogP contribution in [0.15, 0.2) is 18.2 Å². The van der Waals surface area contributed by atoms with Crippen molar-refractivity contribution in [2.24, 2.45) is 0 Å². The monoisotopic (exact) mass is 275 g/mol. The van der Waals surface area contributed by atoms with E-state index in [4.69, 9.17) is 0 Å². The fourth-order valence-electron chi connectivity index (χ4n) is 1.73. The van der Waals surface area contributed by atoms with E-state index in [2.05, 4.69) is 10.3 Å². The lowest BCUT2D eigenvalue weighted by atomic mass is 10.2. The van der Waals surface area contributed by atoms with E-state index in [1.165, 1.54) is 4.90 Å². The average Bonchev–Trinajstić information content (AvgIpc) is 2.34. The first kappa shape index (κ1) is 15.9. The van der Waals surface area contributed by atoms with Gasteiger partial charge in [-0.05, 0) is 25.2 Å². The van der Waals surface area contributed by atoms with Crippen molar-refractivity contribution in [2.75, 3.05) is 19.6 Å². The summed E-state index contributed by atoms with van der Waals surface area (Å²) in [5.41, 5.74) is 1.52. The predicted octanol–water partition coefficient (Wildman–Crippen LogP) is 2.58. The number of pyridine rings is 1. The maximum Gasteiger partial charge on any atom is 0.401 e. The summed E-state index contributed by atoms with van der Waals surface area (Å²) in [7, 11) is 0. The zero-order valence-corrected chi connectivity index (χ0v) is 11.3. The number of nitrogens with one attached hydrogen (secondary N) is 1. The Kier molecular flexibility index (Phi) is 6.24. The van der Waals surface area contributed by atoms with Crippen molar-refractivity contribution in [2.45, 2.75) is 33.1 Å². The average molecular weight is 275 g/mol. The van der Waals surface area contributed by atoms with Gasteiger partial charge in [-0.25, -0.2) is 0 Å². The van der Waals surface area contributed by atoms with E-state index in [1.807, 2.05) is 19.1 Å². The lowest BCUT2D eigenvalue weighted by molar-refractivity contribution is -0.146. The first-order valence-corrected chi connectivity index (χ1v) is 6.39. The Hall–Kier alpha value is -1.14. The molecule has 0 aliphatic heterocycles. The van der Waals surface area contributed by atoms with Gasteiger partial charge in [-0.15, -0.1) is 0 Å². The quantitative estimate of drug-likeness (QED) is 0.829. The highest BCUT2D eigenvalue weighted by Crippen LogP contribution is 2.17. The molecule has 0 amide bonds. The fourth-order valence-corrected chi connectivity index (χ4v) is 1.73. The number of hydrogen-bond donors (Lipinski definition) is 1. The molecule has 6 heteroatoms. The van der Waals surface area contributed by atoms with E-state index in [-0.39, 0.29) is 6.54 Å². The summed E-state index contributed by atoms with van der Waals surface area (Å²) in [6.07, 6.45) is -4.17. The van der Waals surface area contributed by atoms with Crippen molar-refractivity contribution in [1.82, 2.24) is 15.2 Å². The van der Waals surface area contributed by atoms with E-state index in [0.717, 1.165) is 12.2 Å². The van der Waals surface area contributed by atoms with Gasteiger partial charge in [-0.2, -0.15) is 13.2 Å². The first-order valence-electron chi connectivity index (χ1n) is 6.39. The Morgan fingerprint density at radius 3 is 2.47 bits per heavy atom. The molecule has 1 heterocycles. The largest absolute Gasteiger partial charge is 0.401 e. The van der Waals surface area contributed by atoms with E-state index >= 15 is 0 Å². The summed E-state index contributed by atoms with van der Waals surface area (Å²) >= 11 is 0. The standard InChI is InChI=1S/C13H20F3N3/c1-3-17-8-11-6-5-7-12(18-11)9-19(4-2)10-13(14,15)16/h5-7,17H,3-4,8-10H2,1-2H3. The number of rotatable bonds is 7. The molecule has 0 radical (unpaired) electrons. The van der Waals surface area contributed by atoms with Crippen LogP contribution >= 0.6 is 0 Å².